The molecule has 0 bridgehead atoms. The number of aryl methyl sites for hydroxylation is 1. The Hall–Kier alpha value is -1.24. The molecular weight excluding hydrogens is 240 g/mol. The fourth-order valence-corrected chi connectivity index (χ4v) is 2.84. The predicted molar refractivity (Wildman–Crippen MR) is 66.7 cm³/mol. The first kappa shape index (κ1) is 12.2. The second kappa shape index (κ2) is 4.21. The van der Waals surface area contributed by atoms with Crippen LogP contribution in [0.2, 0.25) is 0 Å². The summed E-state index contributed by atoms with van der Waals surface area (Å²) >= 11 is 0. The summed E-state index contributed by atoms with van der Waals surface area (Å²) < 4.78 is 24.9. The van der Waals surface area contributed by atoms with Crippen LogP contribution in [0.4, 0.5) is 11.6 Å². The van der Waals surface area contributed by atoms with E-state index in [0.29, 0.717) is 18.4 Å². The van der Waals surface area contributed by atoms with Crippen LogP contribution in [-0.2, 0) is 16.4 Å². The van der Waals surface area contributed by atoms with Gasteiger partial charge < -0.3 is 11.1 Å². The third-order valence-corrected chi connectivity index (χ3v) is 4.21. The van der Waals surface area contributed by atoms with Crippen molar-refractivity contribution >= 4 is 21.5 Å². The molecule has 0 aliphatic heterocycles. The van der Waals surface area contributed by atoms with E-state index in [1.807, 2.05) is 6.92 Å². The molecule has 7 heteroatoms. The molecule has 0 aromatic carbocycles. The average Bonchev–Trinajstić information content (AvgIpc) is 2.47. The minimum Gasteiger partial charge on any atom is -0.383 e. The van der Waals surface area contributed by atoms with Crippen LogP contribution in [0.25, 0.3) is 0 Å². The van der Waals surface area contributed by atoms with Crippen molar-refractivity contribution in [1.82, 2.24) is 9.78 Å². The van der Waals surface area contributed by atoms with E-state index in [-0.39, 0.29) is 10.7 Å². The van der Waals surface area contributed by atoms with Gasteiger partial charge in [-0.2, -0.15) is 5.10 Å². The molecule has 1 aromatic rings. The Morgan fingerprint density at radius 1 is 1.53 bits per heavy atom. The Labute approximate surface area is 101 Å². The van der Waals surface area contributed by atoms with Crippen molar-refractivity contribution in [3.8, 4) is 0 Å². The molecular formula is C10H18N4O2S. The van der Waals surface area contributed by atoms with E-state index in [4.69, 9.17) is 5.73 Å². The van der Waals surface area contributed by atoms with E-state index < -0.39 is 9.84 Å². The summed E-state index contributed by atoms with van der Waals surface area (Å²) in [6.45, 7) is 2.43. The molecule has 6 nitrogen and oxygen atoms in total. The highest BCUT2D eigenvalue weighted by Gasteiger charge is 2.27. The van der Waals surface area contributed by atoms with E-state index in [2.05, 4.69) is 10.4 Å². The summed E-state index contributed by atoms with van der Waals surface area (Å²) in [6, 6.07) is 0.329. The van der Waals surface area contributed by atoms with Crippen LogP contribution in [0.5, 0.6) is 0 Å². The lowest BCUT2D eigenvalue weighted by Gasteiger charge is -2.26. The van der Waals surface area contributed by atoms with Crippen molar-refractivity contribution in [2.24, 2.45) is 0 Å². The van der Waals surface area contributed by atoms with E-state index in [0.717, 1.165) is 19.1 Å². The molecule has 3 N–H and O–H groups in total. The van der Waals surface area contributed by atoms with Crippen LogP contribution in [0, 0.1) is 0 Å². The van der Waals surface area contributed by atoms with Crippen molar-refractivity contribution < 1.29 is 8.42 Å². The SMILES string of the molecule is CCn1nc(NC2CCC2)c(S(C)(=O)=O)c1N. The second-order valence-electron chi connectivity index (χ2n) is 4.42. The van der Waals surface area contributed by atoms with E-state index in [9.17, 15) is 8.42 Å². The van der Waals surface area contributed by atoms with Crippen molar-refractivity contribution in [3.63, 3.8) is 0 Å². The molecule has 0 amide bonds. The monoisotopic (exact) mass is 258 g/mol. The van der Waals surface area contributed by atoms with Crippen molar-refractivity contribution in [2.45, 2.75) is 43.7 Å². The number of rotatable bonds is 4. The molecule has 1 aromatic heterocycles. The highest BCUT2D eigenvalue weighted by Crippen LogP contribution is 2.30. The summed E-state index contributed by atoms with van der Waals surface area (Å²) in [5.74, 6) is 0.619. The zero-order valence-corrected chi connectivity index (χ0v) is 10.9. The van der Waals surface area contributed by atoms with Gasteiger partial charge in [-0.1, -0.05) is 0 Å². The predicted octanol–water partition coefficient (Wildman–Crippen LogP) is 0.853. The number of nitrogens with zero attached hydrogens (tertiary/aromatic N) is 2. The fraction of sp³-hybridized carbons (Fsp3) is 0.700. The third kappa shape index (κ3) is 2.24. The molecule has 96 valence electrons. The standard InChI is InChI=1S/C10H18N4O2S/c1-3-14-9(11)8(17(2,15)16)10(13-14)12-7-5-4-6-7/h7H,3-6,11H2,1-2H3,(H,12,13). The Bertz CT molecular complexity index is 517. The molecule has 0 saturated heterocycles. The number of aromatic nitrogens is 2. The summed E-state index contributed by atoms with van der Waals surface area (Å²) in [4.78, 5) is 0.131. The van der Waals surface area contributed by atoms with Gasteiger partial charge in [-0.15, -0.1) is 0 Å². The van der Waals surface area contributed by atoms with Gasteiger partial charge in [0.25, 0.3) is 0 Å². The molecule has 0 radical (unpaired) electrons. The Morgan fingerprint density at radius 2 is 2.18 bits per heavy atom. The lowest BCUT2D eigenvalue weighted by molar-refractivity contribution is 0.443. The Balaban J connectivity index is 2.41. The lowest BCUT2D eigenvalue weighted by atomic mass is 9.93. The number of nitrogen functional groups attached to an aromatic ring is 1. The van der Waals surface area contributed by atoms with Gasteiger partial charge in [0.2, 0.25) is 0 Å². The molecule has 1 heterocycles. The molecule has 2 rings (SSSR count). The quantitative estimate of drug-likeness (QED) is 0.835. The van der Waals surface area contributed by atoms with Crippen molar-refractivity contribution in [3.05, 3.63) is 0 Å². The topological polar surface area (TPSA) is 90.0 Å². The maximum absolute atomic E-state index is 11.7. The van der Waals surface area contributed by atoms with Gasteiger partial charge >= 0.3 is 0 Å². The van der Waals surface area contributed by atoms with Crippen molar-refractivity contribution in [1.29, 1.82) is 0 Å². The molecule has 1 fully saturated rings. The van der Waals surface area contributed by atoms with Gasteiger partial charge in [0.1, 0.15) is 5.82 Å². The zero-order chi connectivity index (χ0) is 12.6. The van der Waals surface area contributed by atoms with Gasteiger partial charge in [0.15, 0.2) is 20.6 Å². The third-order valence-electron chi connectivity index (χ3n) is 3.06. The van der Waals surface area contributed by atoms with Crippen LogP contribution in [0.3, 0.4) is 0 Å². The number of nitrogens with two attached hydrogens (primary N) is 1. The normalized spacial score (nSPS) is 16.8. The highest BCUT2D eigenvalue weighted by atomic mass is 32.2. The first-order valence-electron chi connectivity index (χ1n) is 5.76. The first-order chi connectivity index (χ1) is 7.93. The summed E-state index contributed by atoms with van der Waals surface area (Å²) in [7, 11) is -3.35. The molecule has 1 saturated carbocycles. The highest BCUT2D eigenvalue weighted by molar-refractivity contribution is 7.91. The summed E-state index contributed by atoms with van der Waals surface area (Å²) in [5, 5.41) is 7.38. The van der Waals surface area contributed by atoms with E-state index in [1.54, 1.807) is 0 Å². The van der Waals surface area contributed by atoms with Gasteiger partial charge in [0.05, 0.1) is 0 Å². The molecule has 1 aliphatic rings. The minimum absolute atomic E-state index is 0.131. The van der Waals surface area contributed by atoms with Crippen LogP contribution in [-0.4, -0.2) is 30.5 Å². The van der Waals surface area contributed by atoms with Crippen LogP contribution in [0.1, 0.15) is 26.2 Å². The first-order valence-corrected chi connectivity index (χ1v) is 7.65. The number of nitrogens with one attached hydrogen (secondary N) is 1. The molecule has 0 atom stereocenters. The molecule has 1 aliphatic carbocycles. The largest absolute Gasteiger partial charge is 0.383 e. The molecule has 0 spiro atoms. The Kier molecular flexibility index (Phi) is 3.03. The molecule has 17 heavy (non-hydrogen) atoms. The van der Waals surface area contributed by atoms with Gasteiger partial charge in [-0.3, -0.25) is 0 Å². The van der Waals surface area contributed by atoms with Gasteiger partial charge in [-0.05, 0) is 26.2 Å². The summed E-state index contributed by atoms with van der Waals surface area (Å²) in [5.41, 5.74) is 5.82. The van der Waals surface area contributed by atoms with Crippen LogP contribution >= 0.6 is 0 Å². The van der Waals surface area contributed by atoms with Crippen molar-refractivity contribution in [2.75, 3.05) is 17.3 Å². The average molecular weight is 258 g/mol. The second-order valence-corrected chi connectivity index (χ2v) is 6.38. The van der Waals surface area contributed by atoms with Crippen LogP contribution in [0.15, 0.2) is 4.90 Å². The number of anilines is 2. The van der Waals surface area contributed by atoms with E-state index >= 15 is 0 Å². The maximum atomic E-state index is 11.7. The minimum atomic E-state index is -3.35. The number of sulfone groups is 1. The fourth-order valence-electron chi connectivity index (χ4n) is 1.91. The smallest absolute Gasteiger partial charge is 0.182 e. The lowest BCUT2D eigenvalue weighted by Crippen LogP contribution is -2.28. The van der Waals surface area contributed by atoms with Gasteiger partial charge in [-0.25, -0.2) is 13.1 Å². The van der Waals surface area contributed by atoms with Crippen LogP contribution < -0.4 is 11.1 Å². The van der Waals surface area contributed by atoms with Gasteiger partial charge in [0, 0.05) is 18.8 Å². The molecule has 0 unspecified atom stereocenters. The maximum Gasteiger partial charge on any atom is 0.182 e. The number of hydrogen-bond acceptors (Lipinski definition) is 5. The summed E-state index contributed by atoms with van der Waals surface area (Å²) in [6.07, 6.45) is 4.45. The Morgan fingerprint density at radius 3 is 2.59 bits per heavy atom. The zero-order valence-electron chi connectivity index (χ0n) is 10.1. The number of hydrogen-bond donors (Lipinski definition) is 2. The van der Waals surface area contributed by atoms with E-state index in [1.165, 1.54) is 11.1 Å².